The molecule has 1 heterocycles. The first-order chi connectivity index (χ1) is 12.6. The molecule has 0 aliphatic heterocycles. The molecule has 8 heteroatoms. The third-order valence-electron chi connectivity index (χ3n) is 3.30. The monoisotopic (exact) mass is 376 g/mol. The van der Waals surface area contributed by atoms with Gasteiger partial charge in [0.1, 0.15) is 0 Å². The number of carbonyl (C=O) groups is 1. The van der Waals surface area contributed by atoms with Gasteiger partial charge in [-0.1, -0.05) is 29.4 Å². The first-order valence-electron chi connectivity index (χ1n) is 7.59. The van der Waals surface area contributed by atoms with Crippen LogP contribution in [0.3, 0.4) is 0 Å². The fourth-order valence-electron chi connectivity index (χ4n) is 2.03. The number of aromatic nitrogens is 2. The van der Waals surface area contributed by atoms with E-state index in [4.69, 9.17) is 31.4 Å². The molecule has 0 amide bonds. The quantitative estimate of drug-likeness (QED) is 0.586. The average molecular weight is 377 g/mol. The summed E-state index contributed by atoms with van der Waals surface area (Å²) in [4.78, 5) is 14.5. The molecule has 2 aromatic carbocycles. The van der Waals surface area contributed by atoms with Gasteiger partial charge in [-0.2, -0.15) is 4.98 Å². The zero-order valence-corrected chi connectivity index (χ0v) is 14.4. The molecule has 0 spiro atoms. The average Bonchev–Trinajstić information content (AvgIpc) is 3.18. The summed E-state index contributed by atoms with van der Waals surface area (Å²) in [5, 5.41) is 29.8. The lowest BCUT2D eigenvalue weighted by Crippen LogP contribution is -1.96. The summed E-state index contributed by atoms with van der Waals surface area (Å²) in [6, 6.07) is 13.5. The summed E-state index contributed by atoms with van der Waals surface area (Å²) in [6.45, 7) is -0.133. The van der Waals surface area contributed by atoms with Crippen LogP contribution in [0.2, 0.25) is 0 Å². The van der Waals surface area contributed by atoms with Crippen LogP contribution in [0, 0.1) is 0 Å². The number of halogens is 1. The maximum Gasteiger partial charge on any atom is 0.335 e. The van der Waals surface area contributed by atoms with Gasteiger partial charge in [-0.25, -0.2) is 4.79 Å². The van der Waals surface area contributed by atoms with E-state index < -0.39 is 5.97 Å². The van der Waals surface area contributed by atoms with E-state index in [1.54, 1.807) is 18.2 Å². The number of aliphatic hydroxyl groups excluding tert-OH is 2. The number of hydrogen-bond donors (Lipinski definition) is 3. The van der Waals surface area contributed by atoms with Crippen molar-refractivity contribution in [3.63, 3.8) is 0 Å². The molecule has 0 saturated carbocycles. The van der Waals surface area contributed by atoms with Crippen LogP contribution in [0.5, 0.6) is 0 Å². The van der Waals surface area contributed by atoms with E-state index in [0.29, 0.717) is 17.3 Å². The van der Waals surface area contributed by atoms with Crippen LogP contribution in [0.1, 0.15) is 27.3 Å². The lowest BCUT2D eigenvalue weighted by atomic mass is 10.1. The second-order valence-corrected chi connectivity index (χ2v) is 5.44. The van der Waals surface area contributed by atoms with Crippen LogP contribution >= 0.6 is 11.6 Å². The summed E-state index contributed by atoms with van der Waals surface area (Å²) in [7, 11) is 0. The number of benzene rings is 2. The van der Waals surface area contributed by atoms with Gasteiger partial charge in [-0.05, 0) is 35.4 Å². The molecule has 0 saturated heterocycles. The summed E-state index contributed by atoms with van der Waals surface area (Å²) in [5.41, 5.74) is 2.41. The van der Waals surface area contributed by atoms with E-state index in [2.05, 4.69) is 10.1 Å². The minimum atomic E-state index is -0.972. The molecule has 0 atom stereocenters. The van der Waals surface area contributed by atoms with Gasteiger partial charge >= 0.3 is 5.97 Å². The number of aromatic carboxylic acids is 1. The molecule has 7 nitrogen and oxygen atoms in total. The van der Waals surface area contributed by atoms with Gasteiger partial charge in [-0.15, -0.1) is 11.6 Å². The number of alkyl halides is 1. The number of aliphatic hydroxyl groups is 2. The van der Waals surface area contributed by atoms with Crippen LogP contribution in [-0.2, 0) is 19.1 Å². The Morgan fingerprint density at radius 2 is 1.69 bits per heavy atom. The number of carboxylic acids is 1. The fourth-order valence-corrected chi connectivity index (χ4v) is 2.14. The molecule has 3 aromatic rings. The summed E-state index contributed by atoms with van der Waals surface area (Å²) in [5.74, 6) is 0.130. The van der Waals surface area contributed by atoms with Crippen LogP contribution in [0.25, 0.3) is 11.5 Å². The van der Waals surface area contributed by atoms with Crippen LogP contribution < -0.4 is 0 Å². The van der Waals surface area contributed by atoms with E-state index in [9.17, 15) is 4.79 Å². The molecule has 3 N–H and O–H groups in total. The Hall–Kier alpha value is -2.74. The molecule has 3 rings (SSSR count). The molecule has 26 heavy (non-hydrogen) atoms. The third-order valence-corrected chi connectivity index (χ3v) is 3.54. The standard InChI is InChI=1S/C10H9ClN2O2.C8H8O3/c11-5-9-12-10(15-13-9)8-3-1-2-7(4-8)6-14;9-5-6-2-1-3-7(4-6)8(10)11/h1-4,14H,5-6H2;1-4,9H,5H2,(H,10,11). The van der Waals surface area contributed by atoms with Crippen molar-refractivity contribution in [1.82, 2.24) is 10.1 Å². The second kappa shape index (κ2) is 9.67. The SMILES string of the molecule is O=C(O)c1cccc(CO)c1.OCc1cccc(-c2nc(CCl)no2)c1. The highest BCUT2D eigenvalue weighted by molar-refractivity contribution is 6.16. The number of rotatable bonds is 5. The van der Waals surface area contributed by atoms with Crippen molar-refractivity contribution in [3.8, 4) is 11.5 Å². The van der Waals surface area contributed by atoms with Crippen molar-refractivity contribution < 1.29 is 24.6 Å². The zero-order valence-electron chi connectivity index (χ0n) is 13.7. The molecule has 0 radical (unpaired) electrons. The lowest BCUT2D eigenvalue weighted by molar-refractivity contribution is 0.0696. The van der Waals surface area contributed by atoms with Crippen molar-refractivity contribution in [3.05, 3.63) is 71.0 Å². The largest absolute Gasteiger partial charge is 0.478 e. The molecule has 0 unspecified atom stereocenters. The highest BCUT2D eigenvalue weighted by atomic mass is 35.5. The Balaban J connectivity index is 0.000000197. The van der Waals surface area contributed by atoms with Crippen molar-refractivity contribution >= 4 is 17.6 Å². The summed E-state index contributed by atoms with van der Waals surface area (Å²) >= 11 is 5.56. The topological polar surface area (TPSA) is 117 Å². The normalized spacial score (nSPS) is 10.1. The van der Waals surface area contributed by atoms with Crippen molar-refractivity contribution in [2.45, 2.75) is 19.1 Å². The molecular formula is C18H17ClN2O5. The van der Waals surface area contributed by atoms with Crippen molar-refractivity contribution in [1.29, 1.82) is 0 Å². The van der Waals surface area contributed by atoms with E-state index in [-0.39, 0.29) is 24.7 Å². The molecule has 136 valence electrons. The second-order valence-electron chi connectivity index (χ2n) is 5.17. The Morgan fingerprint density at radius 3 is 2.27 bits per heavy atom. The zero-order chi connectivity index (χ0) is 18.9. The Kier molecular flexibility index (Phi) is 7.28. The minimum Gasteiger partial charge on any atom is -0.478 e. The van der Waals surface area contributed by atoms with Gasteiger partial charge in [0.05, 0.1) is 24.7 Å². The molecule has 0 aliphatic carbocycles. The molecule has 1 aromatic heterocycles. The molecule has 0 bridgehead atoms. The van der Waals surface area contributed by atoms with Crippen LogP contribution in [-0.4, -0.2) is 31.4 Å². The molecular weight excluding hydrogens is 360 g/mol. The highest BCUT2D eigenvalue weighted by Crippen LogP contribution is 2.18. The molecule has 0 fully saturated rings. The van der Waals surface area contributed by atoms with Crippen molar-refractivity contribution in [2.24, 2.45) is 0 Å². The smallest absolute Gasteiger partial charge is 0.335 e. The third kappa shape index (κ3) is 5.38. The maximum absolute atomic E-state index is 10.4. The van der Waals surface area contributed by atoms with E-state index in [1.165, 1.54) is 12.1 Å². The van der Waals surface area contributed by atoms with E-state index in [0.717, 1.165) is 11.1 Å². The summed E-state index contributed by atoms with van der Waals surface area (Å²) < 4.78 is 5.01. The predicted molar refractivity (Wildman–Crippen MR) is 94.5 cm³/mol. The van der Waals surface area contributed by atoms with Gasteiger partial charge in [0, 0.05) is 5.56 Å². The minimum absolute atomic E-state index is 0.00958. The number of nitrogens with zero attached hydrogens (tertiary/aromatic N) is 2. The Labute approximate surface area is 154 Å². The van der Waals surface area contributed by atoms with Gasteiger partial charge in [0.25, 0.3) is 5.89 Å². The maximum atomic E-state index is 10.4. The Bertz CT molecular complexity index is 866. The first kappa shape index (κ1) is 19.6. The molecule has 0 aliphatic rings. The highest BCUT2D eigenvalue weighted by Gasteiger charge is 2.08. The van der Waals surface area contributed by atoms with Gasteiger partial charge in [0.15, 0.2) is 5.82 Å². The fraction of sp³-hybridized carbons (Fsp3) is 0.167. The predicted octanol–water partition coefficient (Wildman–Crippen LogP) is 2.84. The van der Waals surface area contributed by atoms with E-state index >= 15 is 0 Å². The van der Waals surface area contributed by atoms with Crippen LogP contribution in [0.15, 0.2) is 53.1 Å². The summed E-state index contributed by atoms with van der Waals surface area (Å²) in [6.07, 6.45) is 0. The van der Waals surface area contributed by atoms with Crippen molar-refractivity contribution in [2.75, 3.05) is 0 Å². The lowest BCUT2D eigenvalue weighted by Gasteiger charge is -1.97. The van der Waals surface area contributed by atoms with Gasteiger partial charge in [0.2, 0.25) is 0 Å². The first-order valence-corrected chi connectivity index (χ1v) is 8.12. The number of carboxylic acid groups (broad SMARTS) is 1. The van der Waals surface area contributed by atoms with E-state index in [1.807, 2.05) is 18.2 Å². The van der Waals surface area contributed by atoms with Crippen LogP contribution in [0.4, 0.5) is 0 Å². The number of hydrogen-bond acceptors (Lipinski definition) is 6. The Morgan fingerprint density at radius 1 is 1.04 bits per heavy atom. The van der Waals surface area contributed by atoms with Gasteiger partial charge < -0.3 is 19.8 Å². The van der Waals surface area contributed by atoms with Gasteiger partial charge in [-0.3, -0.25) is 0 Å².